The molecule has 2 heterocycles. The molecule has 5 heteroatoms. The van der Waals surface area contributed by atoms with E-state index in [2.05, 4.69) is 17.6 Å². The van der Waals surface area contributed by atoms with E-state index in [1.165, 1.54) is 12.8 Å². The van der Waals surface area contributed by atoms with Crippen LogP contribution in [0.1, 0.15) is 55.8 Å². The Labute approximate surface area is 144 Å². The lowest BCUT2D eigenvalue weighted by molar-refractivity contribution is 0.0924. The highest BCUT2D eigenvalue weighted by molar-refractivity contribution is 5.94. The molecule has 1 amide bonds. The maximum absolute atomic E-state index is 12.3. The highest BCUT2D eigenvalue weighted by Gasteiger charge is 2.34. The average Bonchev–Trinajstić information content (AvgIpc) is 2.87. The highest BCUT2D eigenvalue weighted by atomic mass is 35.5. The van der Waals surface area contributed by atoms with Crippen molar-refractivity contribution in [2.24, 2.45) is 0 Å². The van der Waals surface area contributed by atoms with Crippen LogP contribution in [0.25, 0.3) is 0 Å². The Hall–Kier alpha value is -1.26. The van der Waals surface area contributed by atoms with Gasteiger partial charge in [0, 0.05) is 23.7 Å². The number of rotatable bonds is 6. The zero-order valence-electron chi connectivity index (χ0n) is 13.7. The maximum atomic E-state index is 12.3. The summed E-state index contributed by atoms with van der Waals surface area (Å²) in [5.41, 5.74) is 0.716. The van der Waals surface area contributed by atoms with E-state index < -0.39 is 0 Å². The minimum absolute atomic E-state index is 0. The third-order valence-corrected chi connectivity index (χ3v) is 4.69. The molecule has 2 aliphatic rings. The molecule has 2 fully saturated rings. The predicted molar refractivity (Wildman–Crippen MR) is 94.5 cm³/mol. The van der Waals surface area contributed by atoms with Gasteiger partial charge in [-0.25, -0.2) is 0 Å². The second-order valence-corrected chi connectivity index (χ2v) is 6.51. The summed E-state index contributed by atoms with van der Waals surface area (Å²) in [7, 11) is 0. The third-order valence-electron chi connectivity index (χ3n) is 4.69. The molecule has 23 heavy (non-hydrogen) atoms. The number of nitrogens with one attached hydrogen (secondary N) is 2. The van der Waals surface area contributed by atoms with Crippen LogP contribution in [0.4, 0.5) is 0 Å². The van der Waals surface area contributed by atoms with Crippen molar-refractivity contribution >= 4 is 18.3 Å². The number of ether oxygens (including phenoxy) is 1. The van der Waals surface area contributed by atoms with Gasteiger partial charge in [0.1, 0.15) is 5.75 Å². The van der Waals surface area contributed by atoms with Gasteiger partial charge in [-0.05, 0) is 56.4 Å². The van der Waals surface area contributed by atoms with Crippen molar-refractivity contribution in [2.45, 2.75) is 63.6 Å². The second kappa shape index (κ2) is 8.55. The van der Waals surface area contributed by atoms with Crippen LogP contribution in [0.3, 0.4) is 0 Å². The minimum atomic E-state index is 0. The lowest BCUT2D eigenvalue weighted by Crippen LogP contribution is -2.48. The van der Waals surface area contributed by atoms with Gasteiger partial charge < -0.3 is 15.4 Å². The van der Waals surface area contributed by atoms with Gasteiger partial charge in [-0.1, -0.05) is 13.3 Å². The summed E-state index contributed by atoms with van der Waals surface area (Å²) in [6.45, 7) is 2.88. The average molecular weight is 339 g/mol. The van der Waals surface area contributed by atoms with Gasteiger partial charge in [0.15, 0.2) is 0 Å². The normalized spacial score (nSPS) is 25.5. The fourth-order valence-electron chi connectivity index (χ4n) is 3.48. The van der Waals surface area contributed by atoms with Crippen LogP contribution >= 0.6 is 12.4 Å². The molecule has 3 rings (SSSR count). The molecule has 0 spiro atoms. The number of benzene rings is 1. The predicted octanol–water partition coefficient (Wildman–Crippen LogP) is 3.30. The van der Waals surface area contributed by atoms with E-state index in [1.807, 2.05) is 24.3 Å². The van der Waals surface area contributed by atoms with Crippen molar-refractivity contribution < 1.29 is 9.53 Å². The summed E-state index contributed by atoms with van der Waals surface area (Å²) in [5.74, 6) is 0.872. The molecule has 0 aromatic heterocycles. The van der Waals surface area contributed by atoms with Gasteiger partial charge in [-0.2, -0.15) is 0 Å². The molecule has 2 N–H and O–H groups in total. The first-order valence-corrected chi connectivity index (χ1v) is 8.54. The van der Waals surface area contributed by atoms with Crippen LogP contribution in [0, 0.1) is 0 Å². The van der Waals surface area contributed by atoms with Crippen molar-refractivity contribution in [2.75, 3.05) is 6.61 Å². The Morgan fingerprint density at radius 3 is 2.48 bits per heavy atom. The second-order valence-electron chi connectivity index (χ2n) is 6.51. The van der Waals surface area contributed by atoms with E-state index in [0.717, 1.165) is 38.0 Å². The van der Waals surface area contributed by atoms with Crippen LogP contribution in [-0.2, 0) is 0 Å². The summed E-state index contributed by atoms with van der Waals surface area (Å²) >= 11 is 0. The summed E-state index contributed by atoms with van der Waals surface area (Å²) in [5, 5.41) is 6.79. The number of hydrogen-bond acceptors (Lipinski definition) is 3. The van der Waals surface area contributed by atoms with Gasteiger partial charge in [-0.15, -0.1) is 12.4 Å². The van der Waals surface area contributed by atoms with Gasteiger partial charge in [0.2, 0.25) is 0 Å². The van der Waals surface area contributed by atoms with Gasteiger partial charge >= 0.3 is 0 Å². The van der Waals surface area contributed by atoms with E-state index in [0.29, 0.717) is 23.7 Å². The van der Waals surface area contributed by atoms with Crippen molar-refractivity contribution in [3.63, 3.8) is 0 Å². The summed E-state index contributed by atoms with van der Waals surface area (Å²) in [4.78, 5) is 12.3. The first kappa shape index (κ1) is 18.1. The molecule has 0 saturated carbocycles. The molecule has 0 aliphatic carbocycles. The Bertz CT molecular complexity index is 494. The molecule has 1 aromatic carbocycles. The van der Waals surface area contributed by atoms with E-state index in [4.69, 9.17) is 4.74 Å². The first-order valence-electron chi connectivity index (χ1n) is 8.54. The smallest absolute Gasteiger partial charge is 0.251 e. The zero-order valence-corrected chi connectivity index (χ0v) is 14.5. The summed E-state index contributed by atoms with van der Waals surface area (Å²) in [6.07, 6.45) is 6.79. The summed E-state index contributed by atoms with van der Waals surface area (Å²) < 4.78 is 5.63. The first-order chi connectivity index (χ1) is 10.7. The minimum Gasteiger partial charge on any atom is -0.494 e. The van der Waals surface area contributed by atoms with E-state index in [9.17, 15) is 4.79 Å². The quantitative estimate of drug-likeness (QED) is 0.782. The SMILES string of the molecule is CCCCOc1ccc(C(=O)NC2CC3CCC(C2)N3)cc1.Cl. The number of amides is 1. The van der Waals surface area contributed by atoms with Crippen molar-refractivity contribution in [1.29, 1.82) is 0 Å². The van der Waals surface area contributed by atoms with Crippen LogP contribution in [-0.4, -0.2) is 30.6 Å². The number of halogens is 1. The molecule has 2 aliphatic heterocycles. The number of carbonyl (C=O) groups excluding carboxylic acids is 1. The zero-order chi connectivity index (χ0) is 15.4. The molecule has 2 bridgehead atoms. The number of fused-ring (bicyclic) bond motifs is 2. The molecule has 128 valence electrons. The van der Waals surface area contributed by atoms with Crippen LogP contribution in [0.15, 0.2) is 24.3 Å². The van der Waals surface area contributed by atoms with Crippen molar-refractivity contribution in [1.82, 2.24) is 10.6 Å². The third kappa shape index (κ3) is 4.85. The van der Waals surface area contributed by atoms with Crippen LogP contribution < -0.4 is 15.4 Å². The number of unbranched alkanes of at least 4 members (excludes halogenated alkanes) is 1. The molecular formula is C18H27ClN2O2. The molecule has 2 atom stereocenters. The molecule has 1 aromatic rings. The Balaban J connectivity index is 0.00000192. The number of piperidine rings is 1. The molecule has 0 radical (unpaired) electrons. The highest BCUT2D eigenvalue weighted by Crippen LogP contribution is 2.27. The number of carbonyl (C=O) groups is 1. The maximum Gasteiger partial charge on any atom is 0.251 e. The van der Waals surface area contributed by atoms with Gasteiger partial charge in [0.25, 0.3) is 5.91 Å². The molecule has 4 nitrogen and oxygen atoms in total. The number of hydrogen-bond donors (Lipinski definition) is 2. The lowest BCUT2D eigenvalue weighted by Gasteiger charge is -2.29. The van der Waals surface area contributed by atoms with E-state index >= 15 is 0 Å². The Morgan fingerprint density at radius 2 is 1.87 bits per heavy atom. The molecule has 2 unspecified atom stereocenters. The van der Waals surface area contributed by atoms with Crippen LogP contribution in [0.2, 0.25) is 0 Å². The van der Waals surface area contributed by atoms with Gasteiger partial charge in [-0.3, -0.25) is 4.79 Å². The fourth-order valence-corrected chi connectivity index (χ4v) is 3.48. The van der Waals surface area contributed by atoms with Crippen molar-refractivity contribution in [3.05, 3.63) is 29.8 Å². The standard InChI is InChI=1S/C18H26N2O2.ClH/c1-2-3-10-22-17-8-4-13(5-9-17)18(21)20-16-11-14-6-7-15(12-16)19-14;/h4-5,8-9,14-16,19H,2-3,6-7,10-12H2,1H3,(H,20,21);1H. The topological polar surface area (TPSA) is 50.4 Å². The molecule has 2 saturated heterocycles. The Morgan fingerprint density at radius 1 is 1.22 bits per heavy atom. The summed E-state index contributed by atoms with van der Waals surface area (Å²) in [6, 6.07) is 8.98. The van der Waals surface area contributed by atoms with Gasteiger partial charge in [0.05, 0.1) is 6.61 Å². The van der Waals surface area contributed by atoms with Crippen molar-refractivity contribution in [3.8, 4) is 5.75 Å². The van der Waals surface area contributed by atoms with Crippen LogP contribution in [0.5, 0.6) is 5.75 Å². The van der Waals surface area contributed by atoms with E-state index in [1.54, 1.807) is 0 Å². The van der Waals surface area contributed by atoms with E-state index in [-0.39, 0.29) is 18.3 Å². The monoisotopic (exact) mass is 338 g/mol. The fraction of sp³-hybridized carbons (Fsp3) is 0.611. The largest absolute Gasteiger partial charge is 0.494 e. The lowest BCUT2D eigenvalue weighted by atomic mass is 9.99. The molecular weight excluding hydrogens is 312 g/mol. The Kier molecular flexibility index (Phi) is 6.72.